The third-order valence-electron chi connectivity index (χ3n) is 2.25. The standard InChI is InChI=1S/C12H21NO/c1-6-8-11(9(3)4)13-12(14)10(5)7-2/h6,8-10H,1,7H2,2-5H3,(H,13,14)/b11-8+. The van der Waals surface area contributed by atoms with Gasteiger partial charge in [0.25, 0.3) is 0 Å². The molecule has 0 saturated heterocycles. The smallest absolute Gasteiger partial charge is 0.226 e. The molecule has 14 heavy (non-hydrogen) atoms. The molecule has 1 atom stereocenters. The van der Waals surface area contributed by atoms with Crippen molar-refractivity contribution in [1.82, 2.24) is 5.32 Å². The van der Waals surface area contributed by atoms with Crippen molar-refractivity contribution in [3.63, 3.8) is 0 Å². The summed E-state index contributed by atoms with van der Waals surface area (Å²) in [6, 6.07) is 0. The minimum atomic E-state index is 0.0713. The van der Waals surface area contributed by atoms with Gasteiger partial charge in [0, 0.05) is 11.6 Å². The van der Waals surface area contributed by atoms with Crippen molar-refractivity contribution in [3.8, 4) is 0 Å². The van der Waals surface area contributed by atoms with Gasteiger partial charge in [-0.3, -0.25) is 4.79 Å². The van der Waals surface area contributed by atoms with Gasteiger partial charge in [0.2, 0.25) is 5.91 Å². The average Bonchev–Trinajstić information content (AvgIpc) is 2.15. The molecule has 1 N–H and O–H groups in total. The van der Waals surface area contributed by atoms with Crippen LogP contribution < -0.4 is 5.32 Å². The SMILES string of the molecule is C=C/C=C(/NC(=O)C(C)CC)C(C)C. The Bertz CT molecular complexity index is 228. The molecule has 0 bridgehead atoms. The number of carbonyl (C=O) groups excluding carboxylic acids is 1. The highest BCUT2D eigenvalue weighted by atomic mass is 16.1. The van der Waals surface area contributed by atoms with Crippen LogP contribution in [0.3, 0.4) is 0 Å². The van der Waals surface area contributed by atoms with Gasteiger partial charge in [-0.05, 0) is 18.4 Å². The summed E-state index contributed by atoms with van der Waals surface area (Å²) in [4.78, 5) is 11.6. The molecule has 0 spiro atoms. The fraction of sp³-hybridized carbons (Fsp3) is 0.583. The second-order valence-corrected chi connectivity index (χ2v) is 3.81. The topological polar surface area (TPSA) is 29.1 Å². The Morgan fingerprint density at radius 3 is 2.36 bits per heavy atom. The lowest BCUT2D eigenvalue weighted by Gasteiger charge is -2.15. The fourth-order valence-corrected chi connectivity index (χ4v) is 0.956. The number of allylic oxidation sites excluding steroid dienone is 3. The molecule has 1 unspecified atom stereocenters. The van der Waals surface area contributed by atoms with Crippen LogP contribution in [0.1, 0.15) is 34.1 Å². The van der Waals surface area contributed by atoms with Gasteiger partial charge in [0.15, 0.2) is 0 Å². The van der Waals surface area contributed by atoms with Crippen LogP contribution in [0.4, 0.5) is 0 Å². The molecule has 0 aliphatic heterocycles. The molecule has 0 radical (unpaired) electrons. The molecular weight excluding hydrogens is 174 g/mol. The van der Waals surface area contributed by atoms with Gasteiger partial charge in [-0.1, -0.05) is 40.3 Å². The third kappa shape index (κ3) is 4.26. The first-order valence-electron chi connectivity index (χ1n) is 5.16. The quantitative estimate of drug-likeness (QED) is 0.671. The molecule has 0 aliphatic carbocycles. The molecule has 2 nitrogen and oxygen atoms in total. The molecular formula is C12H21NO. The molecule has 1 amide bonds. The monoisotopic (exact) mass is 195 g/mol. The normalized spacial score (nSPS) is 13.9. The van der Waals surface area contributed by atoms with E-state index in [4.69, 9.17) is 0 Å². The van der Waals surface area contributed by atoms with Gasteiger partial charge in [-0.15, -0.1) is 0 Å². The van der Waals surface area contributed by atoms with Crippen LogP contribution in [-0.2, 0) is 4.79 Å². The number of amides is 1. The van der Waals surface area contributed by atoms with Gasteiger partial charge in [0.1, 0.15) is 0 Å². The summed E-state index contributed by atoms with van der Waals surface area (Å²) < 4.78 is 0. The van der Waals surface area contributed by atoms with Crippen LogP contribution in [0.15, 0.2) is 24.4 Å². The number of carbonyl (C=O) groups is 1. The summed E-state index contributed by atoms with van der Waals surface area (Å²) in [6.45, 7) is 11.7. The molecule has 0 aromatic rings. The summed E-state index contributed by atoms with van der Waals surface area (Å²) in [5, 5.41) is 2.92. The van der Waals surface area contributed by atoms with Crippen molar-refractivity contribution in [3.05, 3.63) is 24.4 Å². The van der Waals surface area contributed by atoms with E-state index in [0.29, 0.717) is 5.92 Å². The molecule has 0 aromatic carbocycles. The van der Waals surface area contributed by atoms with E-state index in [9.17, 15) is 4.79 Å². The van der Waals surface area contributed by atoms with Crippen molar-refractivity contribution >= 4 is 5.91 Å². The van der Waals surface area contributed by atoms with E-state index < -0.39 is 0 Å². The first-order chi connectivity index (χ1) is 6.52. The average molecular weight is 195 g/mol. The van der Waals surface area contributed by atoms with Gasteiger partial charge in [0.05, 0.1) is 0 Å². The summed E-state index contributed by atoms with van der Waals surface area (Å²) in [6.07, 6.45) is 4.42. The Balaban J connectivity index is 4.39. The van der Waals surface area contributed by atoms with Crippen LogP contribution in [0.2, 0.25) is 0 Å². The molecule has 0 heterocycles. The molecule has 0 aromatic heterocycles. The summed E-state index contributed by atoms with van der Waals surface area (Å²) in [5.74, 6) is 0.484. The second-order valence-electron chi connectivity index (χ2n) is 3.81. The van der Waals surface area contributed by atoms with E-state index in [1.54, 1.807) is 6.08 Å². The zero-order valence-electron chi connectivity index (χ0n) is 9.63. The number of hydrogen-bond donors (Lipinski definition) is 1. The van der Waals surface area contributed by atoms with Gasteiger partial charge < -0.3 is 5.32 Å². The van der Waals surface area contributed by atoms with E-state index in [0.717, 1.165) is 12.1 Å². The molecule has 0 saturated carbocycles. The third-order valence-corrected chi connectivity index (χ3v) is 2.25. The van der Waals surface area contributed by atoms with Crippen molar-refractivity contribution < 1.29 is 4.79 Å². The second kappa shape index (κ2) is 6.41. The van der Waals surface area contributed by atoms with Gasteiger partial charge >= 0.3 is 0 Å². The first kappa shape index (κ1) is 12.9. The van der Waals surface area contributed by atoms with Crippen molar-refractivity contribution in [2.24, 2.45) is 11.8 Å². The van der Waals surface area contributed by atoms with E-state index >= 15 is 0 Å². The van der Waals surface area contributed by atoms with Crippen LogP contribution in [0.25, 0.3) is 0 Å². The minimum Gasteiger partial charge on any atom is -0.329 e. The predicted octanol–water partition coefficient (Wildman–Crippen LogP) is 2.87. The van der Waals surface area contributed by atoms with Crippen LogP contribution >= 0.6 is 0 Å². The van der Waals surface area contributed by atoms with Gasteiger partial charge in [-0.25, -0.2) is 0 Å². The van der Waals surface area contributed by atoms with E-state index in [-0.39, 0.29) is 11.8 Å². The lowest BCUT2D eigenvalue weighted by molar-refractivity contribution is -0.123. The van der Waals surface area contributed by atoms with Crippen LogP contribution in [0.5, 0.6) is 0 Å². The van der Waals surface area contributed by atoms with Crippen LogP contribution in [-0.4, -0.2) is 5.91 Å². The Morgan fingerprint density at radius 2 is 2.00 bits per heavy atom. The summed E-state index contributed by atoms with van der Waals surface area (Å²) >= 11 is 0. The maximum absolute atomic E-state index is 11.6. The zero-order chi connectivity index (χ0) is 11.1. The molecule has 0 rings (SSSR count). The molecule has 0 fully saturated rings. The highest BCUT2D eigenvalue weighted by molar-refractivity contribution is 5.80. The Kier molecular flexibility index (Phi) is 5.93. The zero-order valence-corrected chi connectivity index (χ0v) is 9.63. The highest BCUT2D eigenvalue weighted by Crippen LogP contribution is 2.08. The lowest BCUT2D eigenvalue weighted by Crippen LogP contribution is -2.30. The molecule has 0 aliphatic rings. The fourth-order valence-electron chi connectivity index (χ4n) is 0.956. The number of hydrogen-bond acceptors (Lipinski definition) is 1. The minimum absolute atomic E-state index is 0.0713. The van der Waals surface area contributed by atoms with E-state index in [1.807, 2.05) is 33.8 Å². The van der Waals surface area contributed by atoms with Crippen molar-refractivity contribution in [2.45, 2.75) is 34.1 Å². The van der Waals surface area contributed by atoms with E-state index in [1.165, 1.54) is 0 Å². The first-order valence-corrected chi connectivity index (χ1v) is 5.16. The van der Waals surface area contributed by atoms with E-state index in [2.05, 4.69) is 11.9 Å². The summed E-state index contributed by atoms with van der Waals surface area (Å²) in [7, 11) is 0. The largest absolute Gasteiger partial charge is 0.329 e. The van der Waals surface area contributed by atoms with Crippen molar-refractivity contribution in [2.75, 3.05) is 0 Å². The molecule has 80 valence electrons. The predicted molar refractivity (Wildman–Crippen MR) is 60.7 cm³/mol. The molecule has 2 heteroatoms. The maximum Gasteiger partial charge on any atom is 0.226 e. The number of nitrogens with one attached hydrogen (secondary N) is 1. The Hall–Kier alpha value is -1.05. The maximum atomic E-state index is 11.6. The summed E-state index contributed by atoms with van der Waals surface area (Å²) in [5.41, 5.74) is 0.935. The Labute approximate surface area is 87.1 Å². The van der Waals surface area contributed by atoms with Gasteiger partial charge in [-0.2, -0.15) is 0 Å². The Morgan fingerprint density at radius 1 is 1.43 bits per heavy atom. The highest BCUT2D eigenvalue weighted by Gasteiger charge is 2.12. The van der Waals surface area contributed by atoms with Crippen molar-refractivity contribution in [1.29, 1.82) is 0 Å². The number of rotatable bonds is 5. The lowest BCUT2D eigenvalue weighted by atomic mass is 10.1. The van der Waals surface area contributed by atoms with Crippen LogP contribution in [0, 0.1) is 11.8 Å².